The number of hydrogen-bond acceptors (Lipinski definition) is 11. The number of nitrogens with zero attached hydrogens (tertiary/aromatic N) is 6. The van der Waals surface area contributed by atoms with Gasteiger partial charge < -0.3 is 19.3 Å². The van der Waals surface area contributed by atoms with Crippen LogP contribution >= 0.6 is 11.8 Å². The smallest absolute Gasteiger partial charge is 0.308 e. The standard InChI is InChI=1S/C36H46N6O4S/c1-27(43)45-33-9-5-7-29-11-13-31(37-35(29)33)25-41-19-17-39(3)15-16-40(4)18-20-42(22-24-47-23-21-41)26-32-14-12-30-8-6-10-34(36(30)38-32)46-28(2)44/h5-14H,15-26H2,1-4H3. The van der Waals surface area contributed by atoms with E-state index in [9.17, 15) is 9.59 Å². The van der Waals surface area contributed by atoms with Crippen molar-refractivity contribution < 1.29 is 19.1 Å². The molecule has 1 saturated heterocycles. The number of benzene rings is 2. The molecule has 1 aliphatic rings. The number of pyridine rings is 2. The number of carbonyl (C=O) groups is 2. The normalized spacial score (nSPS) is 17.3. The zero-order chi connectivity index (χ0) is 33.2. The second-order valence-corrected chi connectivity index (χ2v) is 13.4. The van der Waals surface area contributed by atoms with Crippen LogP contribution in [0.1, 0.15) is 25.2 Å². The molecule has 10 nitrogen and oxygen atoms in total. The van der Waals surface area contributed by atoms with Crippen LogP contribution in [-0.4, -0.2) is 119 Å². The second-order valence-electron chi connectivity index (χ2n) is 12.2. The number of carbonyl (C=O) groups excluding carboxylic acids is 2. The molecule has 0 saturated carbocycles. The lowest BCUT2D eigenvalue weighted by Crippen LogP contribution is -2.39. The Morgan fingerprint density at radius 3 is 1.47 bits per heavy atom. The van der Waals surface area contributed by atoms with Gasteiger partial charge in [0, 0.05) is 102 Å². The predicted octanol–water partition coefficient (Wildman–Crippen LogP) is 4.55. The van der Waals surface area contributed by atoms with Crippen LogP contribution in [-0.2, 0) is 22.7 Å². The zero-order valence-corrected chi connectivity index (χ0v) is 28.8. The molecule has 0 bridgehead atoms. The molecular formula is C36H46N6O4S. The van der Waals surface area contributed by atoms with Gasteiger partial charge >= 0.3 is 11.9 Å². The topological polar surface area (TPSA) is 91.3 Å². The first kappa shape index (κ1) is 34.7. The molecule has 1 fully saturated rings. The summed E-state index contributed by atoms with van der Waals surface area (Å²) < 4.78 is 10.9. The molecule has 4 aromatic rings. The molecule has 5 rings (SSSR count). The largest absolute Gasteiger partial charge is 0.424 e. The van der Waals surface area contributed by atoms with Gasteiger partial charge in [-0.1, -0.05) is 36.4 Å². The molecule has 0 radical (unpaired) electrons. The predicted molar refractivity (Wildman–Crippen MR) is 189 cm³/mol. The third kappa shape index (κ3) is 10.4. The number of esters is 2. The molecule has 0 spiro atoms. The van der Waals surface area contributed by atoms with Crippen molar-refractivity contribution in [1.29, 1.82) is 0 Å². The summed E-state index contributed by atoms with van der Waals surface area (Å²) in [5.74, 6) is 2.35. The number of para-hydroxylation sites is 2. The van der Waals surface area contributed by atoms with E-state index in [1.54, 1.807) is 12.1 Å². The van der Waals surface area contributed by atoms with Gasteiger partial charge in [-0.15, -0.1) is 0 Å². The van der Waals surface area contributed by atoms with Crippen molar-refractivity contribution in [3.8, 4) is 11.5 Å². The van der Waals surface area contributed by atoms with Gasteiger partial charge in [-0.2, -0.15) is 11.8 Å². The third-order valence-electron chi connectivity index (χ3n) is 8.32. The summed E-state index contributed by atoms with van der Waals surface area (Å²) in [6.07, 6.45) is 0. The van der Waals surface area contributed by atoms with Crippen molar-refractivity contribution in [2.24, 2.45) is 0 Å². The van der Waals surface area contributed by atoms with E-state index in [4.69, 9.17) is 19.4 Å². The molecule has 11 heteroatoms. The number of aromatic nitrogens is 2. The molecule has 250 valence electrons. The van der Waals surface area contributed by atoms with Gasteiger partial charge in [0.1, 0.15) is 11.0 Å². The summed E-state index contributed by atoms with van der Waals surface area (Å²) >= 11 is 1.97. The monoisotopic (exact) mass is 658 g/mol. The van der Waals surface area contributed by atoms with Crippen LogP contribution in [0.3, 0.4) is 0 Å². The number of likely N-dealkylation sites (N-methyl/N-ethyl adjacent to an activating group) is 2. The Bertz CT molecular complexity index is 1550. The first-order valence-corrected chi connectivity index (χ1v) is 17.4. The molecule has 47 heavy (non-hydrogen) atoms. The maximum atomic E-state index is 11.7. The molecule has 0 N–H and O–H groups in total. The first-order chi connectivity index (χ1) is 22.7. The van der Waals surface area contributed by atoms with E-state index < -0.39 is 0 Å². The quantitative estimate of drug-likeness (QED) is 0.216. The lowest BCUT2D eigenvalue weighted by Gasteiger charge is -2.27. The molecule has 2 aromatic heterocycles. The van der Waals surface area contributed by atoms with Crippen LogP contribution in [0.25, 0.3) is 21.8 Å². The molecular weight excluding hydrogens is 613 g/mol. The number of hydrogen-bond donors (Lipinski definition) is 0. The Labute approximate surface area is 282 Å². The first-order valence-electron chi connectivity index (χ1n) is 16.3. The average molecular weight is 659 g/mol. The fraction of sp³-hybridized carbons (Fsp3) is 0.444. The van der Waals surface area contributed by atoms with Gasteiger partial charge in [0.15, 0.2) is 11.5 Å². The number of fused-ring (bicyclic) bond motifs is 2. The summed E-state index contributed by atoms with van der Waals surface area (Å²) in [4.78, 5) is 43.0. The molecule has 0 unspecified atom stereocenters. The van der Waals surface area contributed by atoms with Crippen molar-refractivity contribution in [3.05, 3.63) is 72.1 Å². The van der Waals surface area contributed by atoms with E-state index in [0.29, 0.717) is 11.5 Å². The fourth-order valence-electron chi connectivity index (χ4n) is 5.65. The van der Waals surface area contributed by atoms with E-state index in [1.165, 1.54) is 13.8 Å². The minimum absolute atomic E-state index is 0.346. The maximum Gasteiger partial charge on any atom is 0.308 e. The van der Waals surface area contributed by atoms with Crippen LogP contribution in [0.4, 0.5) is 0 Å². The van der Waals surface area contributed by atoms with Crippen LogP contribution < -0.4 is 9.47 Å². The van der Waals surface area contributed by atoms with Crippen LogP contribution in [0.2, 0.25) is 0 Å². The Morgan fingerprint density at radius 2 is 1.04 bits per heavy atom. The minimum Gasteiger partial charge on any atom is -0.424 e. The highest BCUT2D eigenvalue weighted by molar-refractivity contribution is 7.99. The Hall–Kier alpha value is -3.61. The second kappa shape index (κ2) is 17.0. The number of rotatable bonds is 6. The van der Waals surface area contributed by atoms with Gasteiger partial charge in [0.05, 0.1) is 11.4 Å². The lowest BCUT2D eigenvalue weighted by atomic mass is 10.2. The van der Waals surface area contributed by atoms with Crippen LogP contribution in [0, 0.1) is 0 Å². The van der Waals surface area contributed by atoms with Gasteiger partial charge in [-0.25, -0.2) is 9.97 Å². The summed E-state index contributed by atoms with van der Waals surface area (Å²) in [7, 11) is 4.39. The molecule has 3 heterocycles. The highest BCUT2D eigenvalue weighted by atomic mass is 32.2. The average Bonchev–Trinajstić information content (AvgIpc) is 3.04. The van der Waals surface area contributed by atoms with Crippen molar-refractivity contribution in [2.75, 3.05) is 78.0 Å². The van der Waals surface area contributed by atoms with E-state index in [2.05, 4.69) is 58.0 Å². The molecule has 0 amide bonds. The van der Waals surface area contributed by atoms with Crippen molar-refractivity contribution in [1.82, 2.24) is 29.6 Å². The van der Waals surface area contributed by atoms with E-state index in [0.717, 1.165) is 110 Å². The van der Waals surface area contributed by atoms with Crippen molar-refractivity contribution in [2.45, 2.75) is 26.9 Å². The molecule has 0 aliphatic carbocycles. The van der Waals surface area contributed by atoms with Gasteiger partial charge in [0.25, 0.3) is 0 Å². The van der Waals surface area contributed by atoms with Crippen LogP contribution in [0.5, 0.6) is 11.5 Å². The third-order valence-corrected chi connectivity index (χ3v) is 9.27. The summed E-state index contributed by atoms with van der Waals surface area (Å²) in [5.41, 5.74) is 3.37. The Morgan fingerprint density at radius 1 is 0.617 bits per heavy atom. The highest BCUT2D eigenvalue weighted by Gasteiger charge is 2.15. The molecule has 2 aromatic carbocycles. The highest BCUT2D eigenvalue weighted by Crippen LogP contribution is 2.26. The maximum absolute atomic E-state index is 11.7. The van der Waals surface area contributed by atoms with Crippen LogP contribution in [0.15, 0.2) is 60.7 Å². The zero-order valence-electron chi connectivity index (χ0n) is 28.0. The van der Waals surface area contributed by atoms with E-state index in [-0.39, 0.29) is 11.9 Å². The fourth-order valence-corrected chi connectivity index (χ4v) is 6.63. The van der Waals surface area contributed by atoms with E-state index in [1.807, 2.05) is 36.0 Å². The van der Waals surface area contributed by atoms with Gasteiger partial charge in [0.2, 0.25) is 0 Å². The van der Waals surface area contributed by atoms with Gasteiger partial charge in [-0.3, -0.25) is 19.4 Å². The van der Waals surface area contributed by atoms with Crippen molar-refractivity contribution >= 4 is 45.5 Å². The summed E-state index contributed by atoms with van der Waals surface area (Å²) in [5, 5.41) is 1.91. The lowest BCUT2D eigenvalue weighted by molar-refractivity contribution is -0.132. The Balaban J connectivity index is 1.26. The number of thioether (sulfide) groups is 1. The molecule has 1 aliphatic heterocycles. The summed E-state index contributed by atoms with van der Waals surface area (Å²) in [6, 6.07) is 19.6. The van der Waals surface area contributed by atoms with E-state index >= 15 is 0 Å². The molecule has 0 atom stereocenters. The van der Waals surface area contributed by atoms with Gasteiger partial charge in [-0.05, 0) is 38.4 Å². The van der Waals surface area contributed by atoms with Crippen molar-refractivity contribution in [3.63, 3.8) is 0 Å². The summed E-state index contributed by atoms with van der Waals surface area (Å²) in [6.45, 7) is 12.0. The minimum atomic E-state index is -0.346. The SMILES string of the molecule is CC(=O)Oc1cccc2ccc(CN3CCSCCN(Cc4ccc5cccc(OC(C)=O)c5n4)CCN(C)CCN(C)CC3)nc12. The Kier molecular flexibility index (Phi) is 12.5. The number of ether oxygens (including phenoxy) is 2.